The zero-order chi connectivity index (χ0) is 21.0. The van der Waals surface area contributed by atoms with Crippen molar-refractivity contribution in [1.82, 2.24) is 4.98 Å². The number of anilines is 3. The van der Waals surface area contributed by atoms with Crippen molar-refractivity contribution in [2.75, 3.05) is 16.3 Å². The number of benzene rings is 3. The summed E-state index contributed by atoms with van der Waals surface area (Å²) in [7, 11) is -3.41. The van der Waals surface area contributed by atoms with Gasteiger partial charge in [0, 0.05) is 16.8 Å². The minimum atomic E-state index is -3.41. The first kappa shape index (κ1) is 20.4. The highest BCUT2D eigenvalue weighted by molar-refractivity contribution is 7.92. The number of nitrogens with one attached hydrogen (secondary N) is 2. The van der Waals surface area contributed by atoms with Crippen LogP contribution >= 0.6 is 0 Å². The van der Waals surface area contributed by atoms with Gasteiger partial charge < -0.3 is 10.4 Å². The van der Waals surface area contributed by atoms with Crippen molar-refractivity contribution in [2.24, 2.45) is 0 Å². The predicted octanol–water partition coefficient (Wildman–Crippen LogP) is 5.23. The standard InChI is InChI=1S/C20H17N3O3S.C2H6/c1-27(25,26)23-13-10-11-18(19(24)12-13)22-20-14-6-2-4-8-16(14)21-17-9-5-3-7-15(17)20;1-2/h2-12,23-24H,1H3,(H,21,22);1-2H3. The van der Waals surface area contributed by atoms with Crippen LogP contribution in [0.1, 0.15) is 13.8 Å². The van der Waals surface area contributed by atoms with E-state index in [0.29, 0.717) is 11.4 Å². The lowest BCUT2D eigenvalue weighted by atomic mass is 10.1. The summed E-state index contributed by atoms with van der Waals surface area (Å²) >= 11 is 0. The Bertz CT molecular complexity index is 1220. The Labute approximate surface area is 170 Å². The van der Waals surface area contributed by atoms with Crippen LogP contribution in [0.4, 0.5) is 17.1 Å². The lowest BCUT2D eigenvalue weighted by Gasteiger charge is -2.15. The third-order valence-electron chi connectivity index (χ3n) is 4.15. The van der Waals surface area contributed by atoms with Crippen molar-refractivity contribution in [3.05, 3.63) is 66.7 Å². The Morgan fingerprint density at radius 3 is 1.93 bits per heavy atom. The molecule has 1 aromatic heterocycles. The molecule has 0 spiro atoms. The van der Waals surface area contributed by atoms with Crippen LogP contribution in [0, 0.1) is 0 Å². The smallest absolute Gasteiger partial charge is 0.229 e. The molecule has 0 saturated heterocycles. The Morgan fingerprint density at radius 2 is 1.41 bits per heavy atom. The molecule has 1 heterocycles. The molecule has 0 atom stereocenters. The lowest BCUT2D eigenvalue weighted by molar-refractivity contribution is 0.478. The first-order valence-electron chi connectivity index (χ1n) is 9.26. The molecular weight excluding hydrogens is 386 g/mol. The minimum absolute atomic E-state index is 0.0615. The maximum atomic E-state index is 11.4. The van der Waals surface area contributed by atoms with Crippen LogP contribution in [0.3, 0.4) is 0 Å². The van der Waals surface area contributed by atoms with Gasteiger partial charge in [0.05, 0.1) is 34.4 Å². The molecule has 7 heteroatoms. The summed E-state index contributed by atoms with van der Waals surface area (Å²) in [6, 6.07) is 20.1. The van der Waals surface area contributed by atoms with Gasteiger partial charge in [0.1, 0.15) is 5.75 Å². The number of pyridine rings is 1. The number of hydrogen-bond acceptors (Lipinski definition) is 5. The van der Waals surface area contributed by atoms with Gasteiger partial charge in [-0.05, 0) is 24.3 Å². The number of phenolic OH excluding ortho intramolecular Hbond substituents is 1. The second-order valence-corrected chi connectivity index (χ2v) is 8.00. The molecule has 3 aromatic carbocycles. The normalized spacial score (nSPS) is 11.0. The lowest BCUT2D eigenvalue weighted by Crippen LogP contribution is -2.09. The second kappa shape index (κ2) is 8.36. The van der Waals surface area contributed by atoms with Gasteiger partial charge in [-0.2, -0.15) is 0 Å². The largest absolute Gasteiger partial charge is 0.506 e. The molecule has 0 saturated carbocycles. The molecule has 3 N–H and O–H groups in total. The van der Waals surface area contributed by atoms with E-state index in [-0.39, 0.29) is 5.75 Å². The molecule has 0 bridgehead atoms. The molecule has 4 rings (SSSR count). The van der Waals surface area contributed by atoms with Crippen molar-refractivity contribution >= 4 is 48.9 Å². The topological polar surface area (TPSA) is 91.3 Å². The van der Waals surface area contributed by atoms with Crippen molar-refractivity contribution < 1.29 is 13.5 Å². The van der Waals surface area contributed by atoms with Crippen molar-refractivity contribution in [3.63, 3.8) is 0 Å². The average Bonchev–Trinajstić information content (AvgIpc) is 2.70. The summed E-state index contributed by atoms with van der Waals surface area (Å²) in [5.41, 5.74) is 3.28. The van der Waals surface area contributed by atoms with Crippen LogP contribution in [-0.2, 0) is 10.0 Å². The van der Waals surface area contributed by atoms with E-state index in [2.05, 4.69) is 15.0 Å². The fourth-order valence-corrected chi connectivity index (χ4v) is 3.58. The van der Waals surface area contributed by atoms with Crippen molar-refractivity contribution in [1.29, 1.82) is 0 Å². The summed E-state index contributed by atoms with van der Waals surface area (Å²) < 4.78 is 25.1. The molecule has 0 aliphatic carbocycles. The summed E-state index contributed by atoms with van der Waals surface area (Å²) in [6.45, 7) is 4.00. The second-order valence-electron chi connectivity index (χ2n) is 6.25. The van der Waals surface area contributed by atoms with Gasteiger partial charge in [-0.15, -0.1) is 0 Å². The summed E-state index contributed by atoms with van der Waals surface area (Å²) in [5.74, 6) is -0.0615. The maximum absolute atomic E-state index is 11.4. The monoisotopic (exact) mass is 409 g/mol. The van der Waals surface area contributed by atoms with Crippen LogP contribution < -0.4 is 10.0 Å². The Balaban J connectivity index is 0.00000117. The highest BCUT2D eigenvalue weighted by atomic mass is 32.2. The Morgan fingerprint density at radius 1 is 0.862 bits per heavy atom. The highest BCUT2D eigenvalue weighted by Gasteiger charge is 2.12. The number of fused-ring (bicyclic) bond motifs is 2. The fourth-order valence-electron chi connectivity index (χ4n) is 3.02. The molecule has 29 heavy (non-hydrogen) atoms. The van der Waals surface area contributed by atoms with Gasteiger partial charge in [0.25, 0.3) is 0 Å². The maximum Gasteiger partial charge on any atom is 0.229 e. The molecule has 0 radical (unpaired) electrons. The number of hydrogen-bond donors (Lipinski definition) is 3. The molecule has 0 amide bonds. The first-order valence-corrected chi connectivity index (χ1v) is 11.2. The van der Waals surface area contributed by atoms with Crippen LogP contribution in [0.25, 0.3) is 21.8 Å². The number of aromatic nitrogens is 1. The fraction of sp³-hybridized carbons (Fsp3) is 0.136. The van der Waals surface area contributed by atoms with Gasteiger partial charge in [0.15, 0.2) is 0 Å². The third kappa shape index (κ3) is 4.57. The third-order valence-corrected chi connectivity index (χ3v) is 4.75. The zero-order valence-electron chi connectivity index (χ0n) is 16.5. The van der Waals surface area contributed by atoms with Crippen LogP contribution in [0.2, 0.25) is 0 Å². The number of nitrogens with zero attached hydrogens (tertiary/aromatic N) is 1. The Hall–Kier alpha value is -3.32. The van der Waals surface area contributed by atoms with Gasteiger partial charge in [-0.25, -0.2) is 13.4 Å². The number of sulfonamides is 1. The number of para-hydroxylation sites is 2. The van der Waals surface area contributed by atoms with E-state index in [9.17, 15) is 13.5 Å². The zero-order valence-corrected chi connectivity index (χ0v) is 17.3. The SMILES string of the molecule is CC.CS(=O)(=O)Nc1ccc(Nc2c3ccccc3nc3ccccc23)c(O)c1. The molecule has 150 valence electrons. The molecule has 0 aliphatic heterocycles. The number of phenols is 1. The molecule has 4 aromatic rings. The van der Waals surface area contributed by atoms with Crippen LogP contribution in [-0.4, -0.2) is 24.8 Å². The minimum Gasteiger partial charge on any atom is -0.506 e. The van der Waals surface area contributed by atoms with E-state index in [1.807, 2.05) is 62.4 Å². The molecule has 6 nitrogen and oxygen atoms in total. The number of rotatable bonds is 4. The van der Waals surface area contributed by atoms with Gasteiger partial charge >= 0.3 is 0 Å². The van der Waals surface area contributed by atoms with E-state index >= 15 is 0 Å². The van der Waals surface area contributed by atoms with Crippen molar-refractivity contribution in [3.8, 4) is 5.75 Å². The Kier molecular flexibility index (Phi) is 5.89. The van der Waals surface area contributed by atoms with Crippen LogP contribution in [0.15, 0.2) is 66.7 Å². The van der Waals surface area contributed by atoms with Gasteiger partial charge in [-0.3, -0.25) is 4.72 Å². The highest BCUT2D eigenvalue weighted by Crippen LogP contribution is 2.36. The molecule has 0 aliphatic rings. The number of aromatic hydroxyl groups is 1. The van der Waals surface area contributed by atoms with E-state index in [1.54, 1.807) is 12.1 Å². The summed E-state index contributed by atoms with van der Waals surface area (Å²) in [4.78, 5) is 4.68. The van der Waals surface area contributed by atoms with E-state index in [0.717, 1.165) is 33.7 Å². The summed E-state index contributed by atoms with van der Waals surface area (Å²) in [6.07, 6.45) is 1.06. The van der Waals surface area contributed by atoms with Gasteiger partial charge in [0.2, 0.25) is 10.0 Å². The van der Waals surface area contributed by atoms with Crippen LogP contribution in [0.5, 0.6) is 5.75 Å². The van der Waals surface area contributed by atoms with E-state index < -0.39 is 10.0 Å². The molecule has 0 unspecified atom stereocenters. The molecule has 0 fully saturated rings. The average molecular weight is 410 g/mol. The van der Waals surface area contributed by atoms with Gasteiger partial charge in [-0.1, -0.05) is 50.2 Å². The molecular formula is C22H23N3O3S. The van der Waals surface area contributed by atoms with Crippen molar-refractivity contribution in [2.45, 2.75) is 13.8 Å². The quantitative estimate of drug-likeness (QED) is 0.317. The van der Waals surface area contributed by atoms with E-state index in [1.165, 1.54) is 6.07 Å². The summed E-state index contributed by atoms with van der Waals surface area (Å²) in [5, 5.41) is 15.5. The predicted molar refractivity (Wildman–Crippen MR) is 120 cm³/mol. The first-order chi connectivity index (χ1) is 13.9. The van der Waals surface area contributed by atoms with E-state index in [4.69, 9.17) is 0 Å².